The molecule has 1 N–H and O–H groups in total. The maximum absolute atomic E-state index is 5.52. The van der Waals surface area contributed by atoms with Crippen molar-refractivity contribution < 1.29 is 4.74 Å². The van der Waals surface area contributed by atoms with Crippen LogP contribution in [0.15, 0.2) is 18.2 Å². The van der Waals surface area contributed by atoms with Gasteiger partial charge in [-0.3, -0.25) is 0 Å². The van der Waals surface area contributed by atoms with Crippen molar-refractivity contribution >= 4 is 0 Å². The second kappa shape index (κ2) is 3.53. The molecule has 1 heterocycles. The molecule has 0 amide bonds. The number of fused-ring (bicyclic) bond motifs is 1. The number of hydrogen-bond donors (Lipinski definition) is 1. The first-order valence-corrected chi connectivity index (χ1v) is 5.78. The first kappa shape index (κ1) is 9.22. The minimum atomic E-state index is 0.795. The molecule has 0 radical (unpaired) electrons. The predicted molar refractivity (Wildman–Crippen MR) is 60.4 cm³/mol. The molecule has 0 spiro atoms. The highest BCUT2D eigenvalue weighted by Crippen LogP contribution is 2.47. The Balaban J connectivity index is 1.77. The molecule has 15 heavy (non-hydrogen) atoms. The third kappa shape index (κ3) is 1.63. The number of hydrogen-bond acceptors (Lipinski definition) is 2. The summed E-state index contributed by atoms with van der Waals surface area (Å²) in [7, 11) is 2.03. The van der Waals surface area contributed by atoms with Crippen LogP contribution >= 0.6 is 0 Å². The highest BCUT2D eigenvalue weighted by molar-refractivity contribution is 5.42. The first-order chi connectivity index (χ1) is 7.38. The molecule has 2 unspecified atom stereocenters. The molecule has 1 aromatic rings. The van der Waals surface area contributed by atoms with Gasteiger partial charge in [0.25, 0.3) is 0 Å². The predicted octanol–water partition coefficient (Wildman–Crippen LogP) is 1.94. The standard InChI is InChI=1S/C13H17NO/c1-14-8-11-7-12(11)9-2-3-13-10(6-9)4-5-15-13/h2-3,6,11-12,14H,4-5,7-8H2,1H3. The van der Waals surface area contributed by atoms with E-state index in [2.05, 4.69) is 23.5 Å². The summed E-state index contributed by atoms with van der Waals surface area (Å²) in [4.78, 5) is 0. The summed E-state index contributed by atoms with van der Waals surface area (Å²) >= 11 is 0. The molecule has 0 saturated heterocycles. The van der Waals surface area contributed by atoms with Crippen molar-refractivity contribution in [1.29, 1.82) is 0 Å². The molecule has 2 aliphatic rings. The molecule has 2 nitrogen and oxygen atoms in total. The molecule has 2 heteroatoms. The number of nitrogens with one attached hydrogen (secondary N) is 1. The molecule has 80 valence electrons. The molecule has 0 aromatic heterocycles. The van der Waals surface area contributed by atoms with Gasteiger partial charge in [-0.25, -0.2) is 0 Å². The van der Waals surface area contributed by atoms with Crippen LogP contribution in [0.4, 0.5) is 0 Å². The Hall–Kier alpha value is -1.02. The van der Waals surface area contributed by atoms with Gasteiger partial charge in [0.2, 0.25) is 0 Å². The summed E-state index contributed by atoms with van der Waals surface area (Å²) < 4.78 is 5.52. The van der Waals surface area contributed by atoms with E-state index >= 15 is 0 Å². The monoisotopic (exact) mass is 203 g/mol. The van der Waals surface area contributed by atoms with Crippen molar-refractivity contribution in [2.24, 2.45) is 5.92 Å². The zero-order valence-corrected chi connectivity index (χ0v) is 9.12. The normalized spacial score (nSPS) is 27.3. The maximum Gasteiger partial charge on any atom is 0.122 e. The summed E-state index contributed by atoms with van der Waals surface area (Å²) in [5.41, 5.74) is 2.92. The number of rotatable bonds is 3. The molecule has 1 saturated carbocycles. The Morgan fingerprint density at radius 3 is 3.27 bits per heavy atom. The highest BCUT2D eigenvalue weighted by Gasteiger charge is 2.37. The van der Waals surface area contributed by atoms with Gasteiger partial charge in [-0.1, -0.05) is 12.1 Å². The van der Waals surface area contributed by atoms with Gasteiger partial charge >= 0.3 is 0 Å². The van der Waals surface area contributed by atoms with Gasteiger partial charge < -0.3 is 10.1 Å². The molecule has 1 aromatic carbocycles. The molecule has 1 aliphatic carbocycles. The molecule has 1 fully saturated rings. The van der Waals surface area contributed by atoms with E-state index in [-0.39, 0.29) is 0 Å². The number of ether oxygens (including phenoxy) is 1. The van der Waals surface area contributed by atoms with Crippen LogP contribution in [0.25, 0.3) is 0 Å². The van der Waals surface area contributed by atoms with Crippen LogP contribution < -0.4 is 10.1 Å². The van der Waals surface area contributed by atoms with Crippen molar-refractivity contribution in [1.82, 2.24) is 5.32 Å². The lowest BCUT2D eigenvalue weighted by Crippen LogP contribution is -2.10. The smallest absolute Gasteiger partial charge is 0.122 e. The molecule has 1 aliphatic heterocycles. The van der Waals surface area contributed by atoms with E-state index in [1.165, 1.54) is 17.5 Å². The summed E-state index contributed by atoms with van der Waals surface area (Å²) in [6.07, 6.45) is 2.44. The van der Waals surface area contributed by atoms with Gasteiger partial charge in [0.1, 0.15) is 5.75 Å². The Kier molecular flexibility index (Phi) is 2.17. The second-order valence-corrected chi connectivity index (χ2v) is 4.63. The minimum Gasteiger partial charge on any atom is -0.493 e. The van der Waals surface area contributed by atoms with Gasteiger partial charge in [0.15, 0.2) is 0 Å². The van der Waals surface area contributed by atoms with E-state index in [4.69, 9.17) is 4.74 Å². The average molecular weight is 203 g/mol. The quantitative estimate of drug-likeness (QED) is 0.810. The Bertz CT molecular complexity index is 375. The first-order valence-electron chi connectivity index (χ1n) is 5.78. The van der Waals surface area contributed by atoms with Gasteiger partial charge in [-0.15, -0.1) is 0 Å². The lowest BCUT2D eigenvalue weighted by Gasteiger charge is -2.03. The van der Waals surface area contributed by atoms with Crippen LogP contribution in [0.3, 0.4) is 0 Å². The zero-order chi connectivity index (χ0) is 10.3. The highest BCUT2D eigenvalue weighted by atomic mass is 16.5. The van der Waals surface area contributed by atoms with Crippen LogP contribution in [-0.4, -0.2) is 20.2 Å². The fourth-order valence-corrected chi connectivity index (χ4v) is 2.58. The lowest BCUT2D eigenvalue weighted by molar-refractivity contribution is 0.357. The summed E-state index contributed by atoms with van der Waals surface area (Å²) in [6.45, 7) is 2.02. The molecular weight excluding hydrogens is 186 g/mol. The molecule has 3 rings (SSSR count). The third-order valence-electron chi connectivity index (χ3n) is 3.53. The van der Waals surface area contributed by atoms with Crippen molar-refractivity contribution in [2.45, 2.75) is 18.8 Å². The van der Waals surface area contributed by atoms with Crippen molar-refractivity contribution in [3.63, 3.8) is 0 Å². The van der Waals surface area contributed by atoms with Crippen LogP contribution in [-0.2, 0) is 6.42 Å². The lowest BCUT2D eigenvalue weighted by atomic mass is 10.0. The third-order valence-corrected chi connectivity index (χ3v) is 3.53. The Morgan fingerprint density at radius 2 is 2.40 bits per heavy atom. The molecular formula is C13H17NO. The maximum atomic E-state index is 5.52. The van der Waals surface area contributed by atoms with E-state index in [1.807, 2.05) is 7.05 Å². The largest absolute Gasteiger partial charge is 0.493 e. The average Bonchev–Trinajstić information content (AvgIpc) is 2.87. The SMILES string of the molecule is CNCC1CC1c1ccc2c(c1)CCO2. The van der Waals surface area contributed by atoms with Crippen molar-refractivity contribution in [3.8, 4) is 5.75 Å². The van der Waals surface area contributed by atoms with Gasteiger partial charge in [-0.05, 0) is 49.0 Å². The van der Waals surface area contributed by atoms with Gasteiger partial charge in [-0.2, -0.15) is 0 Å². The van der Waals surface area contributed by atoms with Crippen LogP contribution in [0, 0.1) is 5.92 Å². The second-order valence-electron chi connectivity index (χ2n) is 4.63. The topological polar surface area (TPSA) is 21.3 Å². The summed E-state index contributed by atoms with van der Waals surface area (Å²) in [5, 5.41) is 3.26. The Morgan fingerprint density at radius 1 is 1.47 bits per heavy atom. The van der Waals surface area contributed by atoms with E-state index in [9.17, 15) is 0 Å². The van der Waals surface area contributed by atoms with E-state index in [1.54, 1.807) is 0 Å². The minimum absolute atomic E-state index is 0.795. The van der Waals surface area contributed by atoms with Crippen LogP contribution in [0.2, 0.25) is 0 Å². The molecule has 2 atom stereocenters. The fraction of sp³-hybridized carbons (Fsp3) is 0.538. The zero-order valence-electron chi connectivity index (χ0n) is 9.12. The van der Waals surface area contributed by atoms with Crippen LogP contribution in [0.5, 0.6) is 5.75 Å². The Labute approximate surface area is 90.6 Å². The summed E-state index contributed by atoms with van der Waals surface area (Å²) in [5.74, 6) is 2.75. The summed E-state index contributed by atoms with van der Waals surface area (Å²) in [6, 6.07) is 6.74. The van der Waals surface area contributed by atoms with Gasteiger partial charge in [0.05, 0.1) is 6.61 Å². The van der Waals surface area contributed by atoms with Crippen LogP contribution in [0.1, 0.15) is 23.5 Å². The van der Waals surface area contributed by atoms with Crippen molar-refractivity contribution in [3.05, 3.63) is 29.3 Å². The number of benzene rings is 1. The van der Waals surface area contributed by atoms with E-state index in [0.29, 0.717) is 0 Å². The molecule has 0 bridgehead atoms. The van der Waals surface area contributed by atoms with Crippen molar-refractivity contribution in [2.75, 3.05) is 20.2 Å². The van der Waals surface area contributed by atoms with E-state index in [0.717, 1.165) is 37.2 Å². The van der Waals surface area contributed by atoms with E-state index < -0.39 is 0 Å². The fourth-order valence-electron chi connectivity index (χ4n) is 2.58. The van der Waals surface area contributed by atoms with Gasteiger partial charge in [0, 0.05) is 6.42 Å².